The van der Waals surface area contributed by atoms with Gasteiger partial charge in [0.25, 0.3) is 5.56 Å². The van der Waals surface area contributed by atoms with E-state index in [1.807, 2.05) is 19.0 Å². The molecule has 5 rings (SSSR count). The van der Waals surface area contributed by atoms with E-state index in [9.17, 15) is 23.2 Å². The topological polar surface area (TPSA) is 133 Å². The van der Waals surface area contributed by atoms with Gasteiger partial charge in [0, 0.05) is 23.7 Å². The Morgan fingerprint density at radius 3 is 2.30 bits per heavy atom. The number of thiophene rings is 1. The van der Waals surface area contributed by atoms with E-state index in [4.69, 9.17) is 9.47 Å². The van der Waals surface area contributed by atoms with E-state index in [1.165, 1.54) is 31.5 Å². The molecule has 0 atom stereocenters. The summed E-state index contributed by atoms with van der Waals surface area (Å²) in [6, 6.07) is 9.54. The van der Waals surface area contributed by atoms with Crippen molar-refractivity contribution in [3.05, 3.63) is 92.3 Å². The van der Waals surface area contributed by atoms with Crippen LogP contribution in [-0.4, -0.2) is 62.1 Å². The van der Waals surface area contributed by atoms with Gasteiger partial charge in [-0.05, 0) is 65.2 Å². The number of aromatic nitrogens is 5. The van der Waals surface area contributed by atoms with Crippen LogP contribution in [0.4, 0.5) is 19.3 Å². The number of nitrogens with zero attached hydrogens (tertiary/aromatic N) is 6. The Kier molecular flexibility index (Phi) is 8.99. The number of fused-ring (bicyclic) bond motifs is 1. The van der Waals surface area contributed by atoms with Crippen molar-refractivity contribution in [2.45, 2.75) is 39.5 Å². The SMILES string of the molecule is COc1ccc(-n2c(=O)c3c(CN(C)C)c(-c4ccc(NC(=O)OC(C)(C)C)cn4)sc3n(Cc3c(F)cccc3F)c2=O)nn1. The van der Waals surface area contributed by atoms with Crippen molar-refractivity contribution in [1.82, 2.24) is 29.2 Å². The second-order valence-corrected chi connectivity index (χ2v) is 12.5. The van der Waals surface area contributed by atoms with Gasteiger partial charge in [0.2, 0.25) is 5.88 Å². The molecule has 0 radical (unpaired) electrons. The molecular weight excluding hydrogens is 620 g/mol. The minimum Gasteiger partial charge on any atom is -0.480 e. The number of pyridine rings is 1. The molecule has 240 valence electrons. The molecule has 4 heterocycles. The molecule has 1 aromatic carbocycles. The predicted molar refractivity (Wildman–Crippen MR) is 170 cm³/mol. The lowest BCUT2D eigenvalue weighted by molar-refractivity contribution is 0.0636. The normalized spacial score (nSPS) is 11.7. The summed E-state index contributed by atoms with van der Waals surface area (Å²) in [5.74, 6) is -1.63. The highest BCUT2D eigenvalue weighted by Gasteiger charge is 2.26. The van der Waals surface area contributed by atoms with Crippen LogP contribution in [-0.2, 0) is 17.8 Å². The molecule has 1 N–H and O–H groups in total. The van der Waals surface area contributed by atoms with Crippen LogP contribution in [0.3, 0.4) is 0 Å². The molecule has 46 heavy (non-hydrogen) atoms. The van der Waals surface area contributed by atoms with Crippen LogP contribution in [0.2, 0.25) is 0 Å². The predicted octanol–water partition coefficient (Wildman–Crippen LogP) is 4.81. The highest BCUT2D eigenvalue weighted by Crippen LogP contribution is 2.37. The van der Waals surface area contributed by atoms with E-state index in [2.05, 4.69) is 20.5 Å². The van der Waals surface area contributed by atoms with Crippen LogP contribution >= 0.6 is 11.3 Å². The van der Waals surface area contributed by atoms with Crippen molar-refractivity contribution >= 4 is 33.3 Å². The number of halogens is 2. The zero-order chi connectivity index (χ0) is 33.3. The van der Waals surface area contributed by atoms with Crippen LogP contribution < -0.4 is 21.3 Å². The minimum atomic E-state index is -0.867. The van der Waals surface area contributed by atoms with Gasteiger partial charge >= 0.3 is 11.8 Å². The Labute approximate surface area is 265 Å². The molecule has 5 aromatic rings. The fraction of sp³-hybridized carbons (Fsp3) is 0.290. The maximum atomic E-state index is 14.9. The molecule has 0 saturated carbocycles. The molecule has 0 saturated heterocycles. The maximum absolute atomic E-state index is 14.9. The van der Waals surface area contributed by atoms with Crippen LogP contribution in [0, 0.1) is 11.6 Å². The summed E-state index contributed by atoms with van der Waals surface area (Å²) in [6.45, 7) is 4.99. The van der Waals surface area contributed by atoms with Gasteiger partial charge in [-0.25, -0.2) is 22.9 Å². The van der Waals surface area contributed by atoms with Crippen molar-refractivity contribution in [3.8, 4) is 22.3 Å². The highest BCUT2D eigenvalue weighted by molar-refractivity contribution is 7.22. The fourth-order valence-electron chi connectivity index (χ4n) is 4.69. The minimum absolute atomic E-state index is 0.0975. The van der Waals surface area contributed by atoms with Crippen molar-refractivity contribution in [1.29, 1.82) is 0 Å². The number of nitrogens with one attached hydrogen (secondary N) is 1. The molecule has 0 aliphatic carbocycles. The molecule has 0 spiro atoms. The Morgan fingerprint density at radius 2 is 1.74 bits per heavy atom. The van der Waals surface area contributed by atoms with E-state index in [0.717, 1.165) is 32.6 Å². The average molecular weight is 652 g/mol. The first-order valence-electron chi connectivity index (χ1n) is 14.0. The third kappa shape index (κ3) is 6.65. The highest BCUT2D eigenvalue weighted by atomic mass is 32.1. The number of benzene rings is 1. The summed E-state index contributed by atoms with van der Waals surface area (Å²) in [6.07, 6.45) is 0.791. The van der Waals surface area contributed by atoms with Gasteiger partial charge in [-0.15, -0.1) is 21.5 Å². The lowest BCUT2D eigenvalue weighted by atomic mass is 10.1. The monoisotopic (exact) mass is 651 g/mol. The Morgan fingerprint density at radius 1 is 1.02 bits per heavy atom. The van der Waals surface area contributed by atoms with E-state index >= 15 is 0 Å². The molecule has 0 aliphatic rings. The number of carbonyl (C=O) groups is 1. The Balaban J connectivity index is 1.74. The zero-order valence-corrected chi connectivity index (χ0v) is 26.7. The van der Waals surface area contributed by atoms with Crippen LogP contribution in [0.25, 0.3) is 26.6 Å². The van der Waals surface area contributed by atoms with E-state index in [-0.39, 0.29) is 34.0 Å². The van der Waals surface area contributed by atoms with Crippen LogP contribution in [0.1, 0.15) is 31.9 Å². The average Bonchev–Trinajstić information content (AvgIpc) is 3.35. The molecule has 0 bridgehead atoms. The van der Waals surface area contributed by atoms with Gasteiger partial charge in [0.05, 0.1) is 41.5 Å². The number of rotatable bonds is 8. The fourth-order valence-corrected chi connectivity index (χ4v) is 5.96. The summed E-state index contributed by atoms with van der Waals surface area (Å²) in [5, 5.41) is 10.7. The molecule has 1 amide bonds. The second-order valence-electron chi connectivity index (χ2n) is 11.5. The Hall–Kier alpha value is -5.02. The van der Waals surface area contributed by atoms with E-state index < -0.39 is 41.1 Å². The van der Waals surface area contributed by atoms with Crippen molar-refractivity contribution in [2.24, 2.45) is 0 Å². The molecule has 4 aromatic heterocycles. The third-order valence-corrected chi connectivity index (χ3v) is 7.91. The molecule has 0 aliphatic heterocycles. The molecule has 0 unspecified atom stereocenters. The van der Waals surface area contributed by atoms with Gasteiger partial charge in [-0.2, -0.15) is 0 Å². The summed E-state index contributed by atoms with van der Waals surface area (Å²) in [5.41, 5.74) is -1.24. The first kappa shape index (κ1) is 32.4. The van der Waals surface area contributed by atoms with Crippen molar-refractivity contribution in [2.75, 3.05) is 26.5 Å². The van der Waals surface area contributed by atoms with Crippen LogP contribution in [0.5, 0.6) is 5.88 Å². The van der Waals surface area contributed by atoms with Gasteiger partial charge in [-0.1, -0.05) is 6.07 Å². The molecule has 0 fully saturated rings. The first-order valence-corrected chi connectivity index (χ1v) is 14.8. The van der Waals surface area contributed by atoms with E-state index in [0.29, 0.717) is 21.8 Å². The molecule has 12 nitrogen and oxygen atoms in total. The number of ether oxygens (including phenoxy) is 2. The number of carbonyl (C=O) groups excluding carboxylic acids is 1. The zero-order valence-electron chi connectivity index (χ0n) is 25.9. The number of hydrogen-bond acceptors (Lipinski definition) is 10. The third-order valence-electron chi connectivity index (χ3n) is 6.63. The first-order chi connectivity index (χ1) is 21.8. The summed E-state index contributed by atoms with van der Waals surface area (Å²) >= 11 is 1.09. The maximum Gasteiger partial charge on any atom is 0.412 e. The summed E-state index contributed by atoms with van der Waals surface area (Å²) in [7, 11) is 5.02. The van der Waals surface area contributed by atoms with Gasteiger partial charge in [0.1, 0.15) is 22.1 Å². The van der Waals surface area contributed by atoms with Crippen molar-refractivity contribution < 1.29 is 23.0 Å². The number of amides is 1. The van der Waals surface area contributed by atoms with Gasteiger partial charge < -0.3 is 14.4 Å². The molecule has 15 heteroatoms. The van der Waals surface area contributed by atoms with E-state index in [1.54, 1.807) is 32.9 Å². The lowest BCUT2D eigenvalue weighted by Gasteiger charge is -2.19. The number of anilines is 1. The number of methoxy groups -OCH3 is 1. The quantitative estimate of drug-likeness (QED) is 0.251. The Bertz CT molecular complexity index is 2010. The second kappa shape index (κ2) is 12.8. The molecular formula is C31H31F2N7O5S. The van der Waals surface area contributed by atoms with Crippen LogP contribution in [0.15, 0.2) is 58.3 Å². The van der Waals surface area contributed by atoms with Crippen molar-refractivity contribution in [3.63, 3.8) is 0 Å². The largest absolute Gasteiger partial charge is 0.480 e. The summed E-state index contributed by atoms with van der Waals surface area (Å²) in [4.78, 5) is 47.6. The standard InChI is InChI=1S/C31H31F2N7O5S/c1-31(2,3)45-29(42)35-17-10-11-22(34-14-17)26-19(15-38(4)5)25-27(41)40(23-12-13-24(44-6)37-36-23)30(43)39(28(25)46-26)16-18-20(32)8-7-9-21(18)33/h7-14H,15-16H2,1-6H3,(H,35,42). The summed E-state index contributed by atoms with van der Waals surface area (Å²) < 4.78 is 42.1. The van der Waals surface area contributed by atoms with Gasteiger partial charge in [0.15, 0.2) is 5.82 Å². The van der Waals surface area contributed by atoms with Gasteiger partial charge in [-0.3, -0.25) is 19.7 Å². The lowest BCUT2D eigenvalue weighted by Crippen LogP contribution is -2.39. The number of hydrogen-bond donors (Lipinski definition) is 1. The smallest absolute Gasteiger partial charge is 0.412 e.